The van der Waals surface area contributed by atoms with E-state index in [-0.39, 0.29) is 54.0 Å². The van der Waals surface area contributed by atoms with Crippen molar-refractivity contribution >= 4 is 29.1 Å². The Balaban J connectivity index is 0.807. The monoisotopic (exact) mass is 791 g/mol. The summed E-state index contributed by atoms with van der Waals surface area (Å²) in [6.07, 6.45) is 2.52. The molecule has 5 aliphatic heterocycles. The van der Waals surface area contributed by atoms with Gasteiger partial charge < -0.3 is 29.3 Å². The summed E-state index contributed by atoms with van der Waals surface area (Å²) in [5.74, 6) is -0.850. The summed E-state index contributed by atoms with van der Waals surface area (Å²) in [5.41, 5.74) is 5.62. The lowest BCUT2D eigenvalue weighted by Crippen LogP contribution is -2.52. The average molecular weight is 792 g/mol. The van der Waals surface area contributed by atoms with Crippen molar-refractivity contribution in [2.75, 3.05) is 69.3 Å². The van der Waals surface area contributed by atoms with Crippen LogP contribution in [0.3, 0.4) is 0 Å². The van der Waals surface area contributed by atoms with Crippen LogP contribution >= 0.6 is 0 Å². The van der Waals surface area contributed by atoms with E-state index in [4.69, 9.17) is 9.47 Å². The van der Waals surface area contributed by atoms with Gasteiger partial charge in [-0.1, -0.05) is 18.2 Å². The van der Waals surface area contributed by atoms with Crippen molar-refractivity contribution in [3.63, 3.8) is 0 Å². The standard InChI is InChI=1S/C45H47F2N5O6/c1-57-41-22-28(2-8-36(41)46)35-26-58-40-23-32(53)5-7-34(40)43(35)29-3-9-38(37(47)21-29)51-14-12-27(13-15-51)24-49-16-18-50(19-17-49)31-4-6-33-30(20-31)25-52(45(33)56)39-10-11-42(54)48-44(39)55/h2-9,20-23,27,35,39,43,53H,10-19,24-26H2,1H3,(H,48,54,55)/t35?,39-,43?/m0/s1. The minimum Gasteiger partial charge on any atom is -0.508 e. The third kappa shape index (κ3) is 7.20. The number of imide groups is 1. The number of benzene rings is 4. The van der Waals surface area contributed by atoms with Gasteiger partial charge in [0, 0.05) is 93.5 Å². The molecular formula is C45H47F2N5O6. The van der Waals surface area contributed by atoms with E-state index >= 15 is 4.39 Å². The van der Waals surface area contributed by atoms with Gasteiger partial charge in [-0.05, 0) is 90.4 Å². The Morgan fingerprint density at radius 3 is 2.38 bits per heavy atom. The first-order chi connectivity index (χ1) is 28.1. The molecule has 4 aromatic rings. The van der Waals surface area contributed by atoms with Crippen molar-refractivity contribution in [1.82, 2.24) is 15.1 Å². The molecule has 0 bridgehead atoms. The normalized spacial score (nSPS) is 22.7. The van der Waals surface area contributed by atoms with Crippen LogP contribution in [0.2, 0.25) is 0 Å². The number of anilines is 2. The number of nitrogens with zero attached hydrogens (tertiary/aromatic N) is 4. The number of amides is 3. The third-order valence-corrected chi connectivity index (χ3v) is 12.8. The molecule has 3 saturated heterocycles. The van der Waals surface area contributed by atoms with Gasteiger partial charge in [-0.25, -0.2) is 8.78 Å². The zero-order valence-corrected chi connectivity index (χ0v) is 32.5. The van der Waals surface area contributed by atoms with E-state index in [0.717, 1.165) is 86.6 Å². The summed E-state index contributed by atoms with van der Waals surface area (Å²) in [6, 6.07) is 20.6. The molecule has 0 aliphatic carbocycles. The van der Waals surface area contributed by atoms with E-state index in [1.807, 2.05) is 30.3 Å². The molecule has 0 spiro atoms. The fourth-order valence-electron chi connectivity index (χ4n) is 9.65. The Morgan fingerprint density at radius 1 is 0.828 bits per heavy atom. The fourth-order valence-corrected chi connectivity index (χ4v) is 9.65. The molecule has 302 valence electrons. The number of fused-ring (bicyclic) bond motifs is 2. The highest BCUT2D eigenvalue weighted by molar-refractivity contribution is 6.05. The van der Waals surface area contributed by atoms with Gasteiger partial charge in [0.1, 0.15) is 23.4 Å². The van der Waals surface area contributed by atoms with Gasteiger partial charge in [-0.2, -0.15) is 0 Å². The summed E-state index contributed by atoms with van der Waals surface area (Å²) in [7, 11) is 1.43. The highest BCUT2D eigenvalue weighted by Crippen LogP contribution is 2.48. The summed E-state index contributed by atoms with van der Waals surface area (Å²) in [5, 5.41) is 12.5. The zero-order valence-electron chi connectivity index (χ0n) is 32.5. The van der Waals surface area contributed by atoms with Crippen LogP contribution in [-0.4, -0.2) is 98.2 Å². The van der Waals surface area contributed by atoms with Crippen molar-refractivity contribution in [3.8, 4) is 17.2 Å². The van der Waals surface area contributed by atoms with E-state index < -0.39 is 17.8 Å². The lowest BCUT2D eigenvalue weighted by Gasteiger charge is -2.40. The van der Waals surface area contributed by atoms with E-state index in [1.165, 1.54) is 13.2 Å². The van der Waals surface area contributed by atoms with Gasteiger partial charge >= 0.3 is 0 Å². The second-order valence-electron chi connectivity index (χ2n) is 16.2. The highest BCUT2D eigenvalue weighted by Gasteiger charge is 2.40. The molecule has 58 heavy (non-hydrogen) atoms. The number of carbonyl (C=O) groups excluding carboxylic acids is 3. The van der Waals surface area contributed by atoms with Crippen LogP contribution in [0, 0.1) is 17.6 Å². The molecule has 3 fully saturated rings. The van der Waals surface area contributed by atoms with Crippen LogP contribution < -0.4 is 24.6 Å². The maximum absolute atomic E-state index is 16.2. The summed E-state index contributed by atoms with van der Waals surface area (Å²) in [6.45, 7) is 6.75. The van der Waals surface area contributed by atoms with Gasteiger partial charge in [0.15, 0.2) is 11.6 Å². The first-order valence-corrected chi connectivity index (χ1v) is 20.2. The van der Waals surface area contributed by atoms with Gasteiger partial charge in [-0.15, -0.1) is 0 Å². The quantitative estimate of drug-likeness (QED) is 0.214. The highest BCUT2D eigenvalue weighted by atomic mass is 19.1. The number of hydrogen-bond acceptors (Lipinski definition) is 9. The van der Waals surface area contributed by atoms with E-state index in [9.17, 15) is 23.9 Å². The molecule has 0 radical (unpaired) electrons. The number of ether oxygens (including phenoxy) is 2. The predicted molar refractivity (Wildman–Crippen MR) is 214 cm³/mol. The Labute approximate surface area is 336 Å². The lowest BCUT2D eigenvalue weighted by molar-refractivity contribution is -0.136. The summed E-state index contributed by atoms with van der Waals surface area (Å²) in [4.78, 5) is 45.9. The molecule has 9 rings (SSSR count). The molecule has 0 aromatic heterocycles. The van der Waals surface area contributed by atoms with Crippen molar-refractivity contribution in [2.24, 2.45) is 5.92 Å². The first-order valence-electron chi connectivity index (χ1n) is 20.2. The Kier molecular flexibility index (Phi) is 10.2. The van der Waals surface area contributed by atoms with Crippen LogP contribution in [0.5, 0.6) is 17.2 Å². The minimum atomic E-state index is -0.622. The molecule has 3 atom stereocenters. The number of nitrogens with one attached hydrogen (secondary N) is 1. The number of carbonyl (C=O) groups is 3. The predicted octanol–water partition coefficient (Wildman–Crippen LogP) is 5.79. The number of hydrogen-bond donors (Lipinski definition) is 2. The average Bonchev–Trinajstić information content (AvgIpc) is 3.55. The maximum atomic E-state index is 16.2. The van der Waals surface area contributed by atoms with Crippen LogP contribution in [0.4, 0.5) is 20.2 Å². The van der Waals surface area contributed by atoms with Crippen LogP contribution in [-0.2, 0) is 16.1 Å². The Morgan fingerprint density at radius 2 is 1.62 bits per heavy atom. The second kappa shape index (κ2) is 15.6. The maximum Gasteiger partial charge on any atom is 0.255 e. The van der Waals surface area contributed by atoms with Gasteiger partial charge in [-0.3, -0.25) is 24.6 Å². The number of halogens is 2. The number of phenols is 1. The van der Waals surface area contributed by atoms with Crippen molar-refractivity contribution in [1.29, 1.82) is 0 Å². The number of rotatable bonds is 8. The lowest BCUT2D eigenvalue weighted by atomic mass is 9.75. The topological polar surface area (TPSA) is 115 Å². The first kappa shape index (κ1) is 37.9. The number of piperidine rings is 2. The molecule has 5 aliphatic rings. The van der Waals surface area contributed by atoms with Crippen molar-refractivity contribution < 1.29 is 37.7 Å². The van der Waals surface area contributed by atoms with Crippen LogP contribution in [0.1, 0.15) is 70.1 Å². The Hall–Kier alpha value is -5.69. The van der Waals surface area contributed by atoms with Crippen molar-refractivity contribution in [2.45, 2.75) is 50.1 Å². The molecule has 5 heterocycles. The molecule has 2 N–H and O–H groups in total. The van der Waals surface area contributed by atoms with Crippen LogP contribution in [0.15, 0.2) is 72.8 Å². The SMILES string of the molecule is COc1cc(C2COc3cc(O)ccc3C2c2ccc(N3CCC(CN4CCN(c5ccc6c(c5)CN([C@H]5CCC(=O)NC5=O)C6=O)CC4)CC3)c(F)c2)ccc1F. The van der Waals surface area contributed by atoms with E-state index in [1.54, 1.807) is 35.2 Å². The van der Waals surface area contributed by atoms with Crippen LogP contribution in [0.25, 0.3) is 0 Å². The van der Waals surface area contributed by atoms with Gasteiger partial charge in [0.05, 0.1) is 19.4 Å². The van der Waals surface area contributed by atoms with Gasteiger partial charge in [0.2, 0.25) is 11.8 Å². The number of phenolic OH excluding ortho intramolecular Hbond substituents is 1. The van der Waals surface area contributed by atoms with Gasteiger partial charge in [0.25, 0.3) is 5.91 Å². The summed E-state index contributed by atoms with van der Waals surface area (Å²) >= 11 is 0. The van der Waals surface area contributed by atoms with E-state index in [0.29, 0.717) is 35.9 Å². The fraction of sp³-hybridized carbons (Fsp3) is 0.400. The molecular weight excluding hydrogens is 745 g/mol. The van der Waals surface area contributed by atoms with Crippen molar-refractivity contribution in [3.05, 3.63) is 112 Å². The Bertz CT molecular complexity index is 2250. The molecule has 3 amide bonds. The smallest absolute Gasteiger partial charge is 0.255 e. The summed E-state index contributed by atoms with van der Waals surface area (Å²) < 4.78 is 41.9. The number of piperazine rings is 1. The zero-order chi connectivity index (χ0) is 40.1. The third-order valence-electron chi connectivity index (χ3n) is 12.8. The number of aromatic hydroxyl groups is 1. The minimum absolute atomic E-state index is 0.0870. The van der Waals surface area contributed by atoms with E-state index in [2.05, 4.69) is 26.1 Å². The molecule has 11 nitrogen and oxygen atoms in total. The second-order valence-corrected chi connectivity index (χ2v) is 16.2. The molecule has 13 heteroatoms. The molecule has 2 unspecified atom stereocenters. The molecule has 0 saturated carbocycles. The number of methoxy groups -OCH3 is 1. The molecule has 4 aromatic carbocycles. The largest absolute Gasteiger partial charge is 0.508 e.